The summed E-state index contributed by atoms with van der Waals surface area (Å²) in [6.45, 7) is 4.92. The van der Waals surface area contributed by atoms with Gasteiger partial charge >= 0.3 is 0 Å². The first-order valence-electron chi connectivity index (χ1n) is 5.35. The molecular weight excluding hydrogens is 166 g/mol. The van der Waals surface area contributed by atoms with E-state index in [-0.39, 0.29) is 0 Å². The Labute approximate surface area is 79.8 Å². The average molecular weight is 185 g/mol. The standard InChI is InChI=1S/C10H19NO2/c1-2-10(6-11-4-1)13-8-9-3-5-12-7-9/h9-11H,1-8H2/t9?,10-/m0/s1. The number of piperidine rings is 1. The molecule has 2 aliphatic rings. The molecule has 0 amide bonds. The van der Waals surface area contributed by atoms with Crippen molar-refractivity contribution >= 4 is 0 Å². The first-order valence-corrected chi connectivity index (χ1v) is 5.35. The normalized spacial score (nSPS) is 35.1. The minimum atomic E-state index is 0.453. The number of ether oxygens (including phenoxy) is 2. The highest BCUT2D eigenvalue weighted by molar-refractivity contribution is 4.70. The molecule has 0 saturated carbocycles. The maximum Gasteiger partial charge on any atom is 0.0700 e. The zero-order chi connectivity index (χ0) is 8.93. The number of hydrogen-bond acceptors (Lipinski definition) is 3. The fourth-order valence-electron chi connectivity index (χ4n) is 1.95. The zero-order valence-corrected chi connectivity index (χ0v) is 8.13. The average Bonchev–Trinajstić information content (AvgIpc) is 2.69. The molecule has 0 bridgehead atoms. The van der Waals surface area contributed by atoms with Gasteiger partial charge in [-0.15, -0.1) is 0 Å². The fraction of sp³-hybridized carbons (Fsp3) is 1.00. The van der Waals surface area contributed by atoms with Crippen LogP contribution in [0.1, 0.15) is 19.3 Å². The quantitative estimate of drug-likeness (QED) is 0.705. The van der Waals surface area contributed by atoms with Gasteiger partial charge in [-0.25, -0.2) is 0 Å². The van der Waals surface area contributed by atoms with Gasteiger partial charge in [0.15, 0.2) is 0 Å². The molecule has 0 radical (unpaired) electrons. The highest BCUT2D eigenvalue weighted by Gasteiger charge is 2.19. The molecule has 1 unspecified atom stereocenters. The van der Waals surface area contributed by atoms with Gasteiger partial charge in [0.25, 0.3) is 0 Å². The second kappa shape index (κ2) is 4.94. The molecule has 2 rings (SSSR count). The molecule has 1 N–H and O–H groups in total. The van der Waals surface area contributed by atoms with Gasteiger partial charge in [0.2, 0.25) is 0 Å². The van der Waals surface area contributed by atoms with E-state index in [2.05, 4.69) is 5.32 Å². The van der Waals surface area contributed by atoms with E-state index >= 15 is 0 Å². The van der Waals surface area contributed by atoms with E-state index in [1.807, 2.05) is 0 Å². The molecule has 3 nitrogen and oxygen atoms in total. The van der Waals surface area contributed by atoms with Gasteiger partial charge in [-0.2, -0.15) is 0 Å². The Morgan fingerprint density at radius 2 is 2.38 bits per heavy atom. The maximum absolute atomic E-state index is 5.82. The summed E-state index contributed by atoms with van der Waals surface area (Å²) in [5.41, 5.74) is 0. The summed E-state index contributed by atoms with van der Waals surface area (Å²) in [6.07, 6.45) is 4.11. The molecule has 76 valence electrons. The Morgan fingerprint density at radius 1 is 1.38 bits per heavy atom. The third-order valence-corrected chi connectivity index (χ3v) is 2.84. The topological polar surface area (TPSA) is 30.5 Å². The summed E-state index contributed by atoms with van der Waals surface area (Å²) >= 11 is 0. The van der Waals surface area contributed by atoms with Gasteiger partial charge in [0, 0.05) is 19.1 Å². The second-order valence-electron chi connectivity index (χ2n) is 4.03. The van der Waals surface area contributed by atoms with Crippen LogP contribution < -0.4 is 5.32 Å². The van der Waals surface area contributed by atoms with Crippen LogP contribution in [0, 0.1) is 5.92 Å². The molecule has 2 saturated heterocycles. The Bertz CT molecular complexity index is 140. The van der Waals surface area contributed by atoms with Gasteiger partial charge in [-0.1, -0.05) is 0 Å². The minimum Gasteiger partial charge on any atom is -0.381 e. The molecule has 2 fully saturated rings. The highest BCUT2D eigenvalue weighted by atomic mass is 16.5. The van der Waals surface area contributed by atoms with Crippen molar-refractivity contribution in [3.05, 3.63) is 0 Å². The smallest absolute Gasteiger partial charge is 0.0700 e. The van der Waals surface area contributed by atoms with Crippen molar-refractivity contribution < 1.29 is 9.47 Å². The summed E-state index contributed by atoms with van der Waals surface area (Å²) in [4.78, 5) is 0. The second-order valence-corrected chi connectivity index (χ2v) is 4.03. The van der Waals surface area contributed by atoms with Crippen molar-refractivity contribution in [3.8, 4) is 0 Å². The van der Waals surface area contributed by atoms with E-state index < -0.39 is 0 Å². The van der Waals surface area contributed by atoms with Crippen molar-refractivity contribution in [2.24, 2.45) is 5.92 Å². The van der Waals surface area contributed by atoms with E-state index in [4.69, 9.17) is 9.47 Å². The van der Waals surface area contributed by atoms with Crippen LogP contribution in [0.2, 0.25) is 0 Å². The number of hydrogen-bond donors (Lipinski definition) is 1. The van der Waals surface area contributed by atoms with Crippen molar-refractivity contribution in [2.45, 2.75) is 25.4 Å². The molecule has 3 heteroatoms. The molecular formula is C10H19NO2. The summed E-state index contributed by atoms with van der Waals surface area (Å²) in [6, 6.07) is 0. The predicted molar refractivity (Wildman–Crippen MR) is 50.8 cm³/mol. The van der Waals surface area contributed by atoms with Crippen LogP contribution in [0.25, 0.3) is 0 Å². The number of nitrogens with one attached hydrogen (secondary N) is 1. The lowest BCUT2D eigenvalue weighted by Crippen LogP contribution is -2.36. The molecule has 13 heavy (non-hydrogen) atoms. The van der Waals surface area contributed by atoms with E-state index in [1.54, 1.807) is 0 Å². The van der Waals surface area contributed by atoms with Crippen LogP contribution in [-0.4, -0.2) is 39.0 Å². The summed E-state index contributed by atoms with van der Waals surface area (Å²) in [5, 5.41) is 3.35. The van der Waals surface area contributed by atoms with E-state index in [0.717, 1.165) is 32.9 Å². The Kier molecular flexibility index (Phi) is 3.58. The van der Waals surface area contributed by atoms with Gasteiger partial charge in [-0.3, -0.25) is 0 Å². The molecule has 0 aromatic carbocycles. The summed E-state index contributed by atoms with van der Waals surface area (Å²) in [7, 11) is 0. The zero-order valence-electron chi connectivity index (χ0n) is 8.13. The van der Waals surface area contributed by atoms with Crippen LogP contribution in [-0.2, 0) is 9.47 Å². The molecule has 0 aromatic rings. The molecule has 0 spiro atoms. The van der Waals surface area contributed by atoms with Crippen LogP contribution in [0.15, 0.2) is 0 Å². The molecule has 2 heterocycles. The highest BCUT2D eigenvalue weighted by Crippen LogP contribution is 2.15. The summed E-state index contributed by atoms with van der Waals surface area (Å²) in [5.74, 6) is 0.655. The van der Waals surface area contributed by atoms with Gasteiger partial charge in [0.1, 0.15) is 0 Å². The van der Waals surface area contributed by atoms with Crippen LogP contribution in [0.5, 0.6) is 0 Å². The summed E-state index contributed by atoms with van der Waals surface area (Å²) < 4.78 is 11.1. The lowest BCUT2D eigenvalue weighted by atomic mass is 10.1. The van der Waals surface area contributed by atoms with Crippen LogP contribution >= 0.6 is 0 Å². The van der Waals surface area contributed by atoms with Crippen molar-refractivity contribution in [2.75, 3.05) is 32.9 Å². The van der Waals surface area contributed by atoms with Crippen molar-refractivity contribution in [1.29, 1.82) is 0 Å². The first-order chi connectivity index (χ1) is 6.45. The first kappa shape index (κ1) is 9.44. The largest absolute Gasteiger partial charge is 0.381 e. The van der Waals surface area contributed by atoms with Gasteiger partial charge < -0.3 is 14.8 Å². The van der Waals surface area contributed by atoms with E-state index in [9.17, 15) is 0 Å². The van der Waals surface area contributed by atoms with Gasteiger partial charge in [0.05, 0.1) is 19.3 Å². The third kappa shape index (κ3) is 2.93. The predicted octanol–water partition coefficient (Wildman–Crippen LogP) is 0.791. The maximum atomic E-state index is 5.82. The Balaban J connectivity index is 1.60. The third-order valence-electron chi connectivity index (χ3n) is 2.84. The number of rotatable bonds is 3. The van der Waals surface area contributed by atoms with E-state index in [1.165, 1.54) is 19.3 Å². The minimum absolute atomic E-state index is 0.453. The van der Waals surface area contributed by atoms with Gasteiger partial charge in [-0.05, 0) is 25.8 Å². The Hall–Kier alpha value is -0.120. The molecule has 2 aliphatic heterocycles. The van der Waals surface area contributed by atoms with Crippen molar-refractivity contribution in [1.82, 2.24) is 5.32 Å². The van der Waals surface area contributed by atoms with Crippen LogP contribution in [0.4, 0.5) is 0 Å². The monoisotopic (exact) mass is 185 g/mol. The van der Waals surface area contributed by atoms with E-state index in [0.29, 0.717) is 12.0 Å². The SMILES string of the molecule is C1CNC[C@@H](OCC2CCOC2)C1. The lowest BCUT2D eigenvalue weighted by molar-refractivity contribution is 0.0134. The Morgan fingerprint density at radius 3 is 3.08 bits per heavy atom. The van der Waals surface area contributed by atoms with Crippen molar-refractivity contribution in [3.63, 3.8) is 0 Å². The molecule has 2 atom stereocenters. The van der Waals surface area contributed by atoms with Crippen LogP contribution in [0.3, 0.4) is 0 Å². The molecule has 0 aliphatic carbocycles. The lowest BCUT2D eigenvalue weighted by Gasteiger charge is -2.24. The fourth-order valence-corrected chi connectivity index (χ4v) is 1.95. The molecule has 0 aromatic heterocycles.